The third-order valence-corrected chi connectivity index (χ3v) is 4.94. The number of benzene rings is 1. The van der Waals surface area contributed by atoms with Crippen molar-refractivity contribution in [3.63, 3.8) is 0 Å². The van der Waals surface area contributed by atoms with Crippen LogP contribution in [0.25, 0.3) is 0 Å². The number of anilines is 1. The quantitative estimate of drug-likeness (QED) is 0.606. The molecule has 11 heteroatoms. The Kier molecular flexibility index (Phi) is 4.55. The molecule has 2 unspecified atom stereocenters. The minimum Gasteiger partial charge on any atom is -0.434 e. The highest BCUT2D eigenvalue weighted by Gasteiger charge is 2.58. The van der Waals surface area contributed by atoms with Crippen LogP contribution in [-0.2, 0) is 15.7 Å². The zero-order chi connectivity index (χ0) is 19.3. The summed E-state index contributed by atoms with van der Waals surface area (Å²) in [7, 11) is 0. The molecular formula is C15H13ClF6N2O2. The Balaban J connectivity index is 1.91. The number of hydrogen-bond acceptors (Lipinski definition) is 4. The molecule has 3 rings (SSSR count). The fourth-order valence-electron chi connectivity index (χ4n) is 3.32. The van der Waals surface area contributed by atoms with Gasteiger partial charge in [0.25, 0.3) is 0 Å². The summed E-state index contributed by atoms with van der Waals surface area (Å²) >= 11 is 5.57. The number of hydrogen-bond donors (Lipinski definition) is 1. The molecule has 1 spiro atoms. The molecule has 2 saturated heterocycles. The van der Waals surface area contributed by atoms with Crippen LogP contribution in [0.15, 0.2) is 18.2 Å². The van der Waals surface area contributed by atoms with E-state index in [-0.39, 0.29) is 12.2 Å². The Morgan fingerprint density at radius 3 is 2.50 bits per heavy atom. The third-order valence-electron chi connectivity index (χ3n) is 4.61. The van der Waals surface area contributed by atoms with Crippen LogP contribution in [0, 0.1) is 5.41 Å². The number of carbonyl (C=O) groups is 1. The van der Waals surface area contributed by atoms with Crippen LogP contribution >= 0.6 is 11.6 Å². The fourth-order valence-corrected chi connectivity index (χ4v) is 3.54. The molecule has 0 saturated carbocycles. The Morgan fingerprint density at radius 1 is 1.27 bits per heavy atom. The molecule has 2 fully saturated rings. The van der Waals surface area contributed by atoms with Crippen molar-refractivity contribution in [3.8, 4) is 0 Å². The summed E-state index contributed by atoms with van der Waals surface area (Å²) in [5.41, 5.74) is -1.89. The largest absolute Gasteiger partial charge is 0.491 e. The molecule has 2 heterocycles. The van der Waals surface area contributed by atoms with Crippen LogP contribution in [0.1, 0.15) is 12.0 Å². The summed E-state index contributed by atoms with van der Waals surface area (Å²) in [4.78, 5) is 12.5. The molecule has 4 nitrogen and oxygen atoms in total. The van der Waals surface area contributed by atoms with E-state index in [1.165, 1.54) is 11.0 Å². The molecule has 1 aromatic rings. The third kappa shape index (κ3) is 3.32. The minimum atomic E-state index is -5.19. The van der Waals surface area contributed by atoms with Gasteiger partial charge in [0.15, 0.2) is 6.23 Å². The van der Waals surface area contributed by atoms with E-state index in [9.17, 15) is 31.1 Å². The van der Waals surface area contributed by atoms with Crippen molar-refractivity contribution < 1.29 is 35.9 Å². The minimum absolute atomic E-state index is 0.0146. The highest BCUT2D eigenvalue weighted by Crippen LogP contribution is 2.47. The molecule has 2 aliphatic heterocycles. The molecule has 0 bridgehead atoms. The second-order valence-electron chi connectivity index (χ2n) is 6.33. The smallest absolute Gasteiger partial charge is 0.434 e. The monoisotopic (exact) mass is 402 g/mol. The van der Waals surface area contributed by atoms with E-state index in [0.717, 1.165) is 12.1 Å². The van der Waals surface area contributed by atoms with Crippen LogP contribution in [0.4, 0.5) is 32.0 Å². The first-order chi connectivity index (χ1) is 11.9. The van der Waals surface area contributed by atoms with Gasteiger partial charge in [-0.2, -0.15) is 26.3 Å². The maximum Gasteiger partial charge on any atom is 0.491 e. The predicted molar refractivity (Wildman–Crippen MR) is 79.7 cm³/mol. The van der Waals surface area contributed by atoms with Crippen molar-refractivity contribution in [1.82, 2.24) is 5.32 Å². The molecule has 0 radical (unpaired) electrons. The molecule has 2 aliphatic rings. The first-order valence-corrected chi connectivity index (χ1v) is 7.94. The lowest BCUT2D eigenvalue weighted by atomic mass is 9.76. The molecular weight excluding hydrogens is 390 g/mol. The Hall–Kier alpha value is -1.68. The van der Waals surface area contributed by atoms with E-state index in [1.807, 2.05) is 0 Å². The van der Waals surface area contributed by atoms with E-state index < -0.39 is 40.6 Å². The predicted octanol–water partition coefficient (Wildman–Crippen LogP) is 3.59. The average Bonchev–Trinajstić information content (AvgIpc) is 3.00. The van der Waals surface area contributed by atoms with Crippen LogP contribution in [0.5, 0.6) is 0 Å². The van der Waals surface area contributed by atoms with Crippen LogP contribution < -0.4 is 10.2 Å². The first-order valence-electron chi connectivity index (χ1n) is 7.56. The van der Waals surface area contributed by atoms with Crippen LogP contribution in [0.2, 0.25) is 5.02 Å². The van der Waals surface area contributed by atoms with Crippen molar-refractivity contribution >= 4 is 23.3 Å². The van der Waals surface area contributed by atoms with Gasteiger partial charge < -0.3 is 15.0 Å². The summed E-state index contributed by atoms with van der Waals surface area (Å²) in [6, 6.07) is 3.01. The van der Waals surface area contributed by atoms with Crippen molar-refractivity contribution in [2.75, 3.05) is 24.5 Å². The van der Waals surface area contributed by atoms with Gasteiger partial charge in [-0.3, -0.25) is 0 Å². The molecule has 0 aromatic heterocycles. The summed E-state index contributed by atoms with van der Waals surface area (Å²) in [5, 5.41) is 2.45. The van der Waals surface area contributed by atoms with Gasteiger partial charge in [-0.05, 0) is 31.2 Å². The van der Waals surface area contributed by atoms with E-state index in [0.29, 0.717) is 19.5 Å². The fraction of sp³-hybridized carbons (Fsp3) is 0.533. The normalized spacial score (nSPS) is 26.1. The number of esters is 1. The maximum atomic E-state index is 13.0. The standard InChI is InChI=1S/C15H13ClF6N2O2/c16-10-2-1-8(5-9(10)14(17,18)19)24-7-13(3-4-23-6-13)11(24)26-12(25)15(20,21)22/h1-2,5,11,23H,3-4,6-7H2. The molecule has 144 valence electrons. The number of rotatable bonds is 2. The van der Waals surface area contributed by atoms with Crippen LogP contribution in [-0.4, -0.2) is 38.0 Å². The van der Waals surface area contributed by atoms with Gasteiger partial charge in [-0.1, -0.05) is 11.6 Å². The van der Waals surface area contributed by atoms with Crippen molar-refractivity contribution in [2.24, 2.45) is 5.41 Å². The van der Waals surface area contributed by atoms with Crippen molar-refractivity contribution in [1.29, 1.82) is 0 Å². The number of nitrogens with one attached hydrogen (secondary N) is 1. The van der Waals surface area contributed by atoms with E-state index in [2.05, 4.69) is 10.1 Å². The molecule has 2 atom stereocenters. The zero-order valence-corrected chi connectivity index (χ0v) is 13.8. The zero-order valence-electron chi connectivity index (χ0n) is 13.0. The number of halogens is 7. The first kappa shape index (κ1) is 19.1. The molecule has 1 N–H and O–H groups in total. The van der Waals surface area contributed by atoms with E-state index >= 15 is 0 Å². The molecule has 26 heavy (non-hydrogen) atoms. The van der Waals surface area contributed by atoms with Gasteiger partial charge in [0.2, 0.25) is 0 Å². The van der Waals surface area contributed by atoms with Gasteiger partial charge in [-0.25, -0.2) is 4.79 Å². The summed E-state index contributed by atoms with van der Waals surface area (Å²) in [5.74, 6) is -2.37. The lowest BCUT2D eigenvalue weighted by Gasteiger charge is -2.55. The number of ether oxygens (including phenoxy) is 1. The lowest BCUT2D eigenvalue weighted by molar-refractivity contribution is -0.215. The van der Waals surface area contributed by atoms with E-state index in [1.54, 1.807) is 0 Å². The molecule has 0 amide bonds. The van der Waals surface area contributed by atoms with Gasteiger partial charge >= 0.3 is 18.3 Å². The van der Waals surface area contributed by atoms with E-state index in [4.69, 9.17) is 11.6 Å². The molecule has 1 aromatic carbocycles. The summed E-state index contributed by atoms with van der Waals surface area (Å²) in [6.45, 7) is 0.982. The Morgan fingerprint density at radius 2 is 1.96 bits per heavy atom. The maximum absolute atomic E-state index is 13.0. The van der Waals surface area contributed by atoms with Crippen LogP contribution in [0.3, 0.4) is 0 Å². The van der Waals surface area contributed by atoms with Gasteiger partial charge in [0.1, 0.15) is 0 Å². The Bertz CT molecular complexity index is 715. The van der Waals surface area contributed by atoms with Gasteiger partial charge in [0, 0.05) is 18.8 Å². The van der Waals surface area contributed by atoms with Crippen molar-refractivity contribution in [3.05, 3.63) is 28.8 Å². The number of nitrogens with zero attached hydrogens (tertiary/aromatic N) is 1. The Labute approximate surface area is 149 Å². The van der Waals surface area contributed by atoms with Crippen molar-refractivity contribution in [2.45, 2.75) is 25.0 Å². The second-order valence-corrected chi connectivity index (χ2v) is 6.74. The van der Waals surface area contributed by atoms with Gasteiger partial charge in [0.05, 0.1) is 16.0 Å². The SMILES string of the molecule is O=C(OC1N(c2ccc(Cl)c(C(F)(F)F)c2)CC12CCNC2)C(F)(F)F. The highest BCUT2D eigenvalue weighted by atomic mass is 35.5. The number of alkyl halides is 6. The second kappa shape index (κ2) is 6.19. The number of carbonyl (C=O) groups excluding carboxylic acids is 1. The summed E-state index contributed by atoms with van der Waals surface area (Å²) < 4.78 is 81.4. The average molecular weight is 403 g/mol. The lowest BCUT2D eigenvalue weighted by Crippen LogP contribution is -2.68. The van der Waals surface area contributed by atoms with Gasteiger partial charge in [-0.15, -0.1) is 0 Å². The topological polar surface area (TPSA) is 41.6 Å². The summed E-state index contributed by atoms with van der Waals surface area (Å²) in [6.07, 6.45) is -10.8. The highest BCUT2D eigenvalue weighted by molar-refractivity contribution is 6.31. The molecule has 0 aliphatic carbocycles.